The van der Waals surface area contributed by atoms with Crippen molar-refractivity contribution in [2.75, 3.05) is 26.8 Å². The number of pyridine rings is 1. The molecule has 0 radical (unpaired) electrons. The van der Waals surface area contributed by atoms with E-state index in [1.165, 1.54) is 32.6 Å². The topological polar surface area (TPSA) is 111 Å². The van der Waals surface area contributed by atoms with Crippen LogP contribution < -0.4 is 15.0 Å². The number of carbonyl (C=O) groups is 2. The lowest BCUT2D eigenvalue weighted by Crippen LogP contribution is -2.44. The molecule has 0 spiro atoms. The van der Waals surface area contributed by atoms with Crippen LogP contribution in [0.5, 0.6) is 17.2 Å². The second kappa shape index (κ2) is 13.3. The first-order chi connectivity index (χ1) is 21.8. The third-order valence-corrected chi connectivity index (χ3v) is 8.74. The quantitative estimate of drug-likeness (QED) is 0.296. The Kier molecular flexibility index (Phi) is 9.55. The van der Waals surface area contributed by atoms with Crippen molar-refractivity contribution in [1.29, 1.82) is 0 Å². The maximum absolute atomic E-state index is 14.1. The Morgan fingerprint density at radius 1 is 0.957 bits per heavy atom. The predicted octanol–water partition coefficient (Wildman–Crippen LogP) is 5.43. The fraction of sp³-hybridized carbons (Fsp3) is 0.457. The molecule has 1 aliphatic carbocycles. The number of halogens is 1. The number of aromatic nitrogens is 1. The molecule has 0 atom stereocenters. The van der Waals surface area contributed by atoms with E-state index in [1.54, 1.807) is 60.2 Å². The standard InChI is InChI=1S/C35H42FN3O7/c1-21-15-24(36)16-22(2)33(21)46-29-12-7-23(35(3,4)43)17-27(29)28-19-37(5)31(40)18-30(28)45-26-10-8-25(9-11-26)39-32(41)20-38(34(39)42)13-14-44-6/h7,12,15-19,25-26,43H,8-11,13-14,20H2,1-6H3. The number of benzene rings is 2. The second-order valence-electron chi connectivity index (χ2n) is 12.8. The highest BCUT2D eigenvalue weighted by Crippen LogP contribution is 2.42. The van der Waals surface area contributed by atoms with E-state index in [0.29, 0.717) is 83.9 Å². The Balaban J connectivity index is 1.44. The van der Waals surface area contributed by atoms with Gasteiger partial charge in [-0.3, -0.25) is 14.5 Å². The molecule has 3 amide bonds. The third kappa shape index (κ3) is 6.95. The van der Waals surface area contributed by atoms with Crippen molar-refractivity contribution in [3.8, 4) is 28.4 Å². The number of hydrogen-bond acceptors (Lipinski definition) is 7. The highest BCUT2D eigenvalue weighted by molar-refractivity contribution is 6.02. The van der Waals surface area contributed by atoms with Gasteiger partial charge in [0.25, 0.3) is 11.5 Å². The lowest BCUT2D eigenvalue weighted by molar-refractivity contribution is -0.127. The van der Waals surface area contributed by atoms with Gasteiger partial charge in [0.1, 0.15) is 29.6 Å². The van der Waals surface area contributed by atoms with Crippen molar-refractivity contribution < 1.29 is 33.3 Å². The van der Waals surface area contributed by atoms with E-state index in [1.807, 2.05) is 6.07 Å². The molecule has 2 aliphatic rings. The summed E-state index contributed by atoms with van der Waals surface area (Å²) >= 11 is 0. The largest absolute Gasteiger partial charge is 0.490 e. The molecule has 1 saturated carbocycles. The molecular weight excluding hydrogens is 593 g/mol. The first-order valence-corrected chi connectivity index (χ1v) is 15.6. The van der Waals surface area contributed by atoms with Crippen LogP contribution in [0.4, 0.5) is 9.18 Å². The second-order valence-corrected chi connectivity index (χ2v) is 12.8. The highest BCUT2D eigenvalue weighted by atomic mass is 19.1. The predicted molar refractivity (Wildman–Crippen MR) is 171 cm³/mol. The number of carbonyl (C=O) groups excluding carboxylic acids is 2. The molecule has 246 valence electrons. The van der Waals surface area contributed by atoms with E-state index in [4.69, 9.17) is 14.2 Å². The van der Waals surface area contributed by atoms with Crippen LogP contribution in [-0.4, -0.2) is 70.4 Å². The van der Waals surface area contributed by atoms with Gasteiger partial charge in [0.2, 0.25) is 0 Å². The van der Waals surface area contributed by atoms with Gasteiger partial charge in [-0.05, 0) is 94.3 Å². The number of aryl methyl sites for hydroxylation is 3. The number of aliphatic hydroxyl groups is 1. The van der Waals surface area contributed by atoms with Gasteiger partial charge >= 0.3 is 6.03 Å². The number of amides is 3. The van der Waals surface area contributed by atoms with E-state index in [-0.39, 0.29) is 42.0 Å². The number of urea groups is 1. The molecule has 3 aromatic rings. The Morgan fingerprint density at radius 3 is 2.26 bits per heavy atom. The van der Waals surface area contributed by atoms with Crippen LogP contribution in [0.15, 0.2) is 47.4 Å². The third-order valence-electron chi connectivity index (χ3n) is 8.74. The van der Waals surface area contributed by atoms with Gasteiger partial charge in [0, 0.05) is 50.1 Å². The van der Waals surface area contributed by atoms with Crippen LogP contribution in [0.1, 0.15) is 56.2 Å². The summed E-state index contributed by atoms with van der Waals surface area (Å²) in [6.45, 7) is 7.69. The summed E-state index contributed by atoms with van der Waals surface area (Å²) in [5.74, 6) is 0.754. The van der Waals surface area contributed by atoms with E-state index in [0.717, 1.165) is 0 Å². The van der Waals surface area contributed by atoms with Crippen molar-refractivity contribution in [2.45, 2.75) is 71.1 Å². The molecule has 5 rings (SSSR count). The minimum absolute atomic E-state index is 0.0559. The van der Waals surface area contributed by atoms with Gasteiger partial charge in [0.05, 0.1) is 18.3 Å². The molecule has 1 aliphatic heterocycles. The molecule has 46 heavy (non-hydrogen) atoms. The summed E-state index contributed by atoms with van der Waals surface area (Å²) in [5.41, 5.74) is 1.62. The smallest absolute Gasteiger partial charge is 0.327 e. The molecule has 0 bridgehead atoms. The maximum Gasteiger partial charge on any atom is 0.327 e. The normalized spacial score (nSPS) is 18.8. The average Bonchev–Trinajstić information content (AvgIpc) is 3.27. The Bertz CT molecular complexity index is 1670. The Hall–Kier alpha value is -4.22. The molecule has 10 nitrogen and oxygen atoms in total. The fourth-order valence-corrected chi connectivity index (χ4v) is 6.19. The van der Waals surface area contributed by atoms with Crippen molar-refractivity contribution in [3.05, 3.63) is 75.5 Å². The zero-order valence-electron chi connectivity index (χ0n) is 27.3. The summed E-state index contributed by atoms with van der Waals surface area (Å²) < 4.78 is 33.5. The van der Waals surface area contributed by atoms with Crippen molar-refractivity contribution in [3.63, 3.8) is 0 Å². The van der Waals surface area contributed by atoms with Crippen LogP contribution in [0.25, 0.3) is 11.1 Å². The summed E-state index contributed by atoms with van der Waals surface area (Å²) in [6.07, 6.45) is 3.73. The average molecular weight is 636 g/mol. The molecular formula is C35H42FN3O7. The summed E-state index contributed by atoms with van der Waals surface area (Å²) in [4.78, 5) is 41.4. The fourth-order valence-electron chi connectivity index (χ4n) is 6.19. The highest BCUT2D eigenvalue weighted by Gasteiger charge is 2.41. The SMILES string of the molecule is COCCN1CC(=O)N(C2CCC(Oc3cc(=O)n(C)cc3-c3cc(C(C)(C)O)ccc3Oc3c(C)cc(F)cc3C)CC2)C1=O. The van der Waals surface area contributed by atoms with Crippen LogP contribution in [0, 0.1) is 19.7 Å². The van der Waals surface area contributed by atoms with E-state index in [9.17, 15) is 23.9 Å². The zero-order chi connectivity index (χ0) is 33.3. The number of methoxy groups -OCH3 is 1. The molecule has 2 aromatic carbocycles. The number of nitrogens with zero attached hydrogens (tertiary/aromatic N) is 3. The van der Waals surface area contributed by atoms with Gasteiger partial charge in [-0.1, -0.05) is 6.07 Å². The van der Waals surface area contributed by atoms with Crippen molar-refractivity contribution in [1.82, 2.24) is 14.4 Å². The maximum atomic E-state index is 14.1. The summed E-state index contributed by atoms with van der Waals surface area (Å²) in [7, 11) is 3.20. The van der Waals surface area contributed by atoms with Crippen LogP contribution in [-0.2, 0) is 22.2 Å². The number of rotatable bonds is 10. The van der Waals surface area contributed by atoms with Crippen LogP contribution >= 0.6 is 0 Å². The minimum Gasteiger partial charge on any atom is -0.490 e. The van der Waals surface area contributed by atoms with E-state index >= 15 is 0 Å². The van der Waals surface area contributed by atoms with Crippen molar-refractivity contribution >= 4 is 11.9 Å². The molecule has 1 N–H and O–H groups in total. The van der Waals surface area contributed by atoms with Crippen LogP contribution in [0.2, 0.25) is 0 Å². The molecule has 1 saturated heterocycles. The molecule has 2 fully saturated rings. The molecule has 1 aromatic heterocycles. The van der Waals surface area contributed by atoms with E-state index in [2.05, 4.69) is 0 Å². The lowest BCUT2D eigenvalue weighted by atomic mass is 9.91. The number of imide groups is 1. The molecule has 2 heterocycles. The molecule has 0 unspecified atom stereocenters. The van der Waals surface area contributed by atoms with Gasteiger partial charge in [-0.15, -0.1) is 0 Å². The van der Waals surface area contributed by atoms with E-state index < -0.39 is 5.60 Å². The monoisotopic (exact) mass is 635 g/mol. The number of hydrogen-bond donors (Lipinski definition) is 1. The van der Waals surface area contributed by atoms with Gasteiger partial charge in [-0.2, -0.15) is 0 Å². The van der Waals surface area contributed by atoms with Gasteiger partial charge in [-0.25, -0.2) is 9.18 Å². The first-order valence-electron chi connectivity index (χ1n) is 15.6. The lowest BCUT2D eigenvalue weighted by Gasteiger charge is -2.33. The van der Waals surface area contributed by atoms with Gasteiger partial charge < -0.3 is 28.8 Å². The molecule has 11 heteroatoms. The first kappa shape index (κ1) is 33.2. The Labute approximate surface area is 268 Å². The summed E-state index contributed by atoms with van der Waals surface area (Å²) in [6, 6.07) is 9.09. The minimum atomic E-state index is -1.17. The van der Waals surface area contributed by atoms with Gasteiger partial charge in [0.15, 0.2) is 0 Å². The van der Waals surface area contributed by atoms with Crippen LogP contribution in [0.3, 0.4) is 0 Å². The zero-order valence-corrected chi connectivity index (χ0v) is 27.3. The number of ether oxygens (including phenoxy) is 3. The summed E-state index contributed by atoms with van der Waals surface area (Å²) in [5, 5.41) is 10.9. The van der Waals surface area contributed by atoms with Crippen molar-refractivity contribution in [2.24, 2.45) is 7.05 Å². The Morgan fingerprint density at radius 2 is 1.63 bits per heavy atom.